The molecular formula is C25H33N3O3. The first-order chi connectivity index (χ1) is 15.0. The fourth-order valence-electron chi connectivity index (χ4n) is 4.97. The number of hydrogen-bond donors (Lipinski definition) is 0. The molecule has 0 radical (unpaired) electrons. The molecule has 0 bridgehead atoms. The minimum Gasteiger partial charge on any atom is -0.481 e. The average molecular weight is 424 g/mol. The van der Waals surface area contributed by atoms with E-state index in [-0.39, 0.29) is 12.0 Å². The fourth-order valence-corrected chi connectivity index (χ4v) is 4.97. The zero-order valence-electron chi connectivity index (χ0n) is 18.8. The van der Waals surface area contributed by atoms with Crippen molar-refractivity contribution in [2.75, 3.05) is 33.9 Å². The van der Waals surface area contributed by atoms with Crippen molar-refractivity contribution in [3.8, 4) is 5.88 Å². The van der Waals surface area contributed by atoms with Crippen molar-refractivity contribution in [2.24, 2.45) is 11.8 Å². The summed E-state index contributed by atoms with van der Waals surface area (Å²) in [5.41, 5.74) is 3.43. The Morgan fingerprint density at radius 3 is 2.84 bits per heavy atom. The van der Waals surface area contributed by atoms with Crippen molar-refractivity contribution in [1.29, 1.82) is 0 Å². The summed E-state index contributed by atoms with van der Waals surface area (Å²) < 4.78 is 11.4. The molecule has 0 unspecified atom stereocenters. The molecule has 2 aliphatic heterocycles. The molecule has 6 nitrogen and oxygen atoms in total. The second-order valence-electron chi connectivity index (χ2n) is 8.93. The number of pyridine rings is 1. The van der Waals surface area contributed by atoms with E-state index >= 15 is 0 Å². The Bertz CT molecular complexity index is 889. The number of aromatic nitrogens is 1. The second kappa shape index (κ2) is 9.79. The molecule has 1 amide bonds. The number of ether oxygens (including phenoxy) is 2. The Labute approximate surface area is 185 Å². The molecule has 0 aliphatic carbocycles. The van der Waals surface area contributed by atoms with Gasteiger partial charge in [-0.2, -0.15) is 0 Å². The van der Waals surface area contributed by atoms with Crippen LogP contribution >= 0.6 is 0 Å². The number of aryl methyl sites for hydroxylation is 1. The van der Waals surface area contributed by atoms with E-state index in [1.54, 1.807) is 7.11 Å². The highest BCUT2D eigenvalue weighted by molar-refractivity contribution is 5.76. The smallest absolute Gasteiger partial charge is 0.225 e. The first-order valence-electron chi connectivity index (χ1n) is 11.1. The number of hydrogen-bond acceptors (Lipinski definition) is 5. The molecule has 0 spiro atoms. The third kappa shape index (κ3) is 5.25. The maximum Gasteiger partial charge on any atom is 0.225 e. The van der Waals surface area contributed by atoms with Gasteiger partial charge in [-0.15, -0.1) is 0 Å². The lowest BCUT2D eigenvalue weighted by Crippen LogP contribution is -2.42. The average Bonchev–Trinajstić information content (AvgIpc) is 3.16. The van der Waals surface area contributed by atoms with Crippen LogP contribution in [0.4, 0.5) is 0 Å². The third-order valence-corrected chi connectivity index (χ3v) is 6.63. The molecule has 2 aromatic rings. The lowest BCUT2D eigenvalue weighted by atomic mass is 9.83. The number of nitrogens with zero attached hydrogens (tertiary/aromatic N) is 3. The molecule has 0 saturated carbocycles. The Hall–Kier alpha value is -2.44. The zero-order chi connectivity index (χ0) is 21.8. The molecule has 31 heavy (non-hydrogen) atoms. The van der Waals surface area contributed by atoms with E-state index in [1.807, 2.05) is 43.3 Å². The molecule has 2 fully saturated rings. The van der Waals surface area contributed by atoms with Gasteiger partial charge < -0.3 is 14.4 Å². The number of carbonyl (C=O) groups excluding carboxylic acids is 1. The van der Waals surface area contributed by atoms with E-state index < -0.39 is 0 Å². The molecule has 166 valence electrons. The van der Waals surface area contributed by atoms with Gasteiger partial charge in [0.25, 0.3) is 0 Å². The molecular weight excluding hydrogens is 390 g/mol. The summed E-state index contributed by atoms with van der Waals surface area (Å²) >= 11 is 0. The van der Waals surface area contributed by atoms with Gasteiger partial charge in [0.1, 0.15) is 0 Å². The van der Waals surface area contributed by atoms with E-state index in [9.17, 15) is 4.79 Å². The van der Waals surface area contributed by atoms with Crippen LogP contribution in [0.1, 0.15) is 29.5 Å². The normalized spacial score (nSPS) is 23.4. The van der Waals surface area contributed by atoms with Gasteiger partial charge in [0.05, 0.1) is 26.2 Å². The molecule has 3 heterocycles. The summed E-state index contributed by atoms with van der Waals surface area (Å²) in [4.78, 5) is 21.5. The second-order valence-corrected chi connectivity index (χ2v) is 8.93. The van der Waals surface area contributed by atoms with Crippen molar-refractivity contribution in [2.45, 2.75) is 39.0 Å². The minimum absolute atomic E-state index is 0.0442. The van der Waals surface area contributed by atoms with Gasteiger partial charge in [-0.1, -0.05) is 30.3 Å². The highest BCUT2D eigenvalue weighted by Gasteiger charge is 2.41. The summed E-state index contributed by atoms with van der Waals surface area (Å²) in [7, 11) is 3.54. The Kier molecular flexibility index (Phi) is 6.88. The zero-order valence-corrected chi connectivity index (χ0v) is 18.8. The van der Waals surface area contributed by atoms with Crippen molar-refractivity contribution in [3.63, 3.8) is 0 Å². The highest BCUT2D eigenvalue weighted by Crippen LogP contribution is 2.36. The summed E-state index contributed by atoms with van der Waals surface area (Å²) in [5, 5.41) is 0. The van der Waals surface area contributed by atoms with Crippen LogP contribution < -0.4 is 4.74 Å². The van der Waals surface area contributed by atoms with Gasteiger partial charge in [-0.05, 0) is 43.0 Å². The van der Waals surface area contributed by atoms with Crippen molar-refractivity contribution in [1.82, 2.24) is 14.8 Å². The fraction of sp³-hybridized carbons (Fsp3) is 0.520. The van der Waals surface area contributed by atoms with Crippen molar-refractivity contribution in [3.05, 3.63) is 59.3 Å². The van der Waals surface area contributed by atoms with Crippen LogP contribution in [0.5, 0.6) is 5.88 Å². The standard InChI is InChI=1S/C25H33N3O3/c1-18-11-20(13-26-25(18)30-3)15-28-10-9-22-21(16-28)17-31-23(22)12-24(29)27(2)14-19-7-5-4-6-8-19/h4-8,11,13,21-23H,9-10,12,14-17H2,1-3H3/t21-,22-,23+/m1/s1. The van der Waals surface area contributed by atoms with Crippen LogP contribution in [-0.2, 0) is 22.6 Å². The molecule has 1 aromatic carbocycles. The number of piperidine rings is 1. The number of fused-ring (bicyclic) bond motifs is 1. The number of carbonyl (C=O) groups is 1. The lowest BCUT2D eigenvalue weighted by molar-refractivity contribution is -0.133. The lowest BCUT2D eigenvalue weighted by Gasteiger charge is -2.35. The van der Waals surface area contributed by atoms with E-state index in [0.29, 0.717) is 30.7 Å². The number of benzene rings is 1. The summed E-state index contributed by atoms with van der Waals surface area (Å²) in [6.45, 7) is 6.36. The van der Waals surface area contributed by atoms with Crippen LogP contribution in [0.2, 0.25) is 0 Å². The largest absolute Gasteiger partial charge is 0.481 e. The first kappa shape index (κ1) is 21.8. The SMILES string of the molecule is COc1ncc(CN2CC[C@@H]3[C@@H](CO[C@H]3CC(=O)N(C)Cc3ccccc3)C2)cc1C. The molecule has 2 saturated heterocycles. The van der Waals surface area contributed by atoms with Crippen molar-refractivity contribution >= 4 is 5.91 Å². The third-order valence-electron chi connectivity index (χ3n) is 6.63. The van der Waals surface area contributed by atoms with Gasteiger partial charge in [0.2, 0.25) is 11.8 Å². The highest BCUT2D eigenvalue weighted by atomic mass is 16.5. The maximum absolute atomic E-state index is 12.8. The van der Waals surface area contributed by atoms with E-state index in [2.05, 4.69) is 28.1 Å². The van der Waals surface area contributed by atoms with Gasteiger partial charge in [-0.25, -0.2) is 4.98 Å². The summed E-state index contributed by atoms with van der Waals surface area (Å²) in [6, 6.07) is 12.3. The van der Waals surface area contributed by atoms with Crippen LogP contribution in [0.15, 0.2) is 42.6 Å². The molecule has 1 aromatic heterocycles. The van der Waals surface area contributed by atoms with Crippen LogP contribution in [0.3, 0.4) is 0 Å². The molecule has 2 aliphatic rings. The molecule has 0 N–H and O–H groups in total. The number of amides is 1. The predicted molar refractivity (Wildman–Crippen MR) is 120 cm³/mol. The van der Waals surface area contributed by atoms with E-state index in [1.165, 1.54) is 5.56 Å². The maximum atomic E-state index is 12.8. The molecule has 3 atom stereocenters. The van der Waals surface area contributed by atoms with E-state index in [4.69, 9.17) is 9.47 Å². The summed E-state index contributed by atoms with van der Waals surface area (Å²) in [5.74, 6) is 1.83. The Morgan fingerprint density at radius 2 is 2.10 bits per heavy atom. The van der Waals surface area contributed by atoms with Gasteiger partial charge in [0, 0.05) is 44.4 Å². The Balaban J connectivity index is 1.28. The quantitative estimate of drug-likeness (QED) is 0.684. The van der Waals surface area contributed by atoms with Gasteiger partial charge in [0.15, 0.2) is 0 Å². The van der Waals surface area contributed by atoms with Gasteiger partial charge in [-0.3, -0.25) is 9.69 Å². The summed E-state index contributed by atoms with van der Waals surface area (Å²) in [6.07, 6.45) is 3.51. The van der Waals surface area contributed by atoms with Crippen LogP contribution in [-0.4, -0.2) is 60.6 Å². The van der Waals surface area contributed by atoms with Crippen LogP contribution in [0.25, 0.3) is 0 Å². The van der Waals surface area contributed by atoms with Crippen LogP contribution in [0, 0.1) is 18.8 Å². The number of rotatable bonds is 7. The minimum atomic E-state index is 0.0442. The van der Waals surface area contributed by atoms with Gasteiger partial charge >= 0.3 is 0 Å². The van der Waals surface area contributed by atoms with E-state index in [0.717, 1.165) is 43.8 Å². The molecule has 4 rings (SSSR count). The van der Waals surface area contributed by atoms with Crippen molar-refractivity contribution < 1.29 is 14.3 Å². The molecule has 6 heteroatoms. The number of likely N-dealkylation sites (tertiary alicyclic amines) is 1. The topological polar surface area (TPSA) is 54.9 Å². The monoisotopic (exact) mass is 423 g/mol. The predicted octanol–water partition coefficient (Wildman–Crippen LogP) is 3.28. The Morgan fingerprint density at radius 1 is 1.29 bits per heavy atom. The number of methoxy groups -OCH3 is 1. The first-order valence-corrected chi connectivity index (χ1v) is 11.1.